The summed E-state index contributed by atoms with van der Waals surface area (Å²) >= 11 is 0. The van der Waals surface area contributed by atoms with E-state index < -0.39 is 0 Å². The number of hydrogen-bond donors (Lipinski definition) is 0. The molecule has 0 N–H and O–H groups in total. The van der Waals surface area contributed by atoms with Crippen molar-refractivity contribution in [2.75, 3.05) is 0 Å². The van der Waals surface area contributed by atoms with Crippen LogP contribution in [0.25, 0.3) is 88.9 Å². The van der Waals surface area contributed by atoms with Gasteiger partial charge in [0, 0.05) is 32.8 Å². The zero-order valence-corrected chi connectivity index (χ0v) is 25.5. The smallest absolute Gasteiger partial charge is 0.160 e. The molecule has 0 radical (unpaired) electrons. The molecule has 0 aliphatic rings. The topological polar surface area (TPSA) is 38.9 Å². The summed E-state index contributed by atoms with van der Waals surface area (Å²) in [6.07, 6.45) is 0. The largest absolute Gasteiger partial charge is 0.455 e. The molecule has 47 heavy (non-hydrogen) atoms. The second kappa shape index (κ2) is 11.2. The zero-order chi connectivity index (χ0) is 31.2. The van der Waals surface area contributed by atoms with Gasteiger partial charge in [-0.3, -0.25) is 0 Å². The first-order valence-corrected chi connectivity index (χ1v) is 15.8. The van der Waals surface area contributed by atoms with Crippen molar-refractivity contribution in [2.45, 2.75) is 0 Å². The molecular formula is C44H28N2O. The Morgan fingerprint density at radius 2 is 0.894 bits per heavy atom. The lowest BCUT2D eigenvalue weighted by atomic mass is 9.96. The van der Waals surface area contributed by atoms with Gasteiger partial charge in [0.25, 0.3) is 0 Å². The highest BCUT2D eigenvalue weighted by molar-refractivity contribution is 6.15. The molecular weight excluding hydrogens is 572 g/mol. The third-order valence-corrected chi connectivity index (χ3v) is 8.88. The molecule has 0 spiro atoms. The van der Waals surface area contributed by atoms with Crippen LogP contribution in [0.5, 0.6) is 0 Å². The van der Waals surface area contributed by atoms with Crippen molar-refractivity contribution in [1.29, 1.82) is 0 Å². The summed E-state index contributed by atoms with van der Waals surface area (Å²) in [5.41, 5.74) is 11.2. The fraction of sp³-hybridized carbons (Fsp3) is 0. The zero-order valence-electron chi connectivity index (χ0n) is 25.5. The average molecular weight is 601 g/mol. The molecule has 0 saturated carbocycles. The van der Waals surface area contributed by atoms with Gasteiger partial charge in [-0.25, -0.2) is 9.97 Å². The highest BCUT2D eigenvalue weighted by Crippen LogP contribution is 2.37. The Labute approximate surface area is 272 Å². The first-order valence-electron chi connectivity index (χ1n) is 15.8. The Balaban J connectivity index is 1.11. The lowest BCUT2D eigenvalue weighted by Gasteiger charge is -2.11. The quantitative estimate of drug-likeness (QED) is 0.197. The number of furan rings is 1. The number of nitrogens with zero attached hydrogens (tertiary/aromatic N) is 2. The van der Waals surface area contributed by atoms with Crippen LogP contribution in [0.1, 0.15) is 0 Å². The Hall–Kier alpha value is -6.32. The highest BCUT2D eigenvalue weighted by atomic mass is 16.3. The van der Waals surface area contributed by atoms with E-state index in [0.717, 1.165) is 77.7 Å². The van der Waals surface area contributed by atoms with Crippen molar-refractivity contribution < 1.29 is 4.42 Å². The normalized spacial score (nSPS) is 11.4. The van der Waals surface area contributed by atoms with Gasteiger partial charge in [-0.05, 0) is 64.0 Å². The first-order chi connectivity index (χ1) is 23.3. The van der Waals surface area contributed by atoms with Crippen molar-refractivity contribution in [3.8, 4) is 56.2 Å². The molecule has 9 aromatic rings. The lowest BCUT2D eigenvalue weighted by Crippen LogP contribution is -1.96. The van der Waals surface area contributed by atoms with Gasteiger partial charge in [0.05, 0.1) is 11.4 Å². The minimum absolute atomic E-state index is 0.711. The van der Waals surface area contributed by atoms with Gasteiger partial charge in [-0.1, -0.05) is 133 Å². The molecule has 0 aliphatic heterocycles. The average Bonchev–Trinajstić information content (AvgIpc) is 3.54. The van der Waals surface area contributed by atoms with Gasteiger partial charge in [-0.15, -0.1) is 0 Å². The molecule has 0 amide bonds. The fourth-order valence-corrected chi connectivity index (χ4v) is 6.49. The standard InChI is InChI=1S/C44H28N2O/c1-3-12-30(13-4-1)40-28-41(46-44(45-40)31-14-5-2-6-15-31)36-19-10-18-34(26-36)32-16-9-17-33(25-32)35-22-23-38-39-24-21-29-11-7-8-20-37(29)43(39)47-42(38)27-35/h1-28H. The van der Waals surface area contributed by atoms with Gasteiger partial charge < -0.3 is 4.42 Å². The van der Waals surface area contributed by atoms with Crippen molar-refractivity contribution in [2.24, 2.45) is 0 Å². The Morgan fingerprint density at radius 1 is 0.340 bits per heavy atom. The van der Waals surface area contributed by atoms with Gasteiger partial charge in [-0.2, -0.15) is 0 Å². The summed E-state index contributed by atoms with van der Waals surface area (Å²) in [5, 5.41) is 4.60. The third-order valence-electron chi connectivity index (χ3n) is 8.88. The molecule has 2 aromatic heterocycles. The van der Waals surface area contributed by atoms with Crippen molar-refractivity contribution in [1.82, 2.24) is 9.97 Å². The van der Waals surface area contributed by atoms with Gasteiger partial charge in [0.2, 0.25) is 0 Å². The highest BCUT2D eigenvalue weighted by Gasteiger charge is 2.14. The molecule has 0 aliphatic carbocycles. The molecule has 0 fully saturated rings. The molecule has 3 nitrogen and oxygen atoms in total. The first kappa shape index (κ1) is 27.0. The number of aromatic nitrogens is 2. The van der Waals surface area contributed by atoms with E-state index in [1.807, 2.05) is 36.4 Å². The second-order valence-electron chi connectivity index (χ2n) is 11.8. The lowest BCUT2D eigenvalue weighted by molar-refractivity contribution is 0.673. The summed E-state index contributed by atoms with van der Waals surface area (Å²) in [6.45, 7) is 0. The molecule has 0 unspecified atom stereocenters. The Kier molecular flexibility index (Phi) is 6.46. The third kappa shape index (κ3) is 4.95. The van der Waals surface area contributed by atoms with Crippen LogP contribution in [-0.4, -0.2) is 9.97 Å². The summed E-state index contributed by atoms with van der Waals surface area (Å²) in [6, 6.07) is 59.1. The van der Waals surface area contributed by atoms with E-state index >= 15 is 0 Å². The summed E-state index contributed by atoms with van der Waals surface area (Å²) in [4.78, 5) is 10.0. The van der Waals surface area contributed by atoms with Gasteiger partial charge >= 0.3 is 0 Å². The Morgan fingerprint density at radius 3 is 1.64 bits per heavy atom. The SMILES string of the molecule is c1ccc(-c2cc(-c3cccc(-c4cccc(-c5ccc6c(c5)oc5c7ccccc7ccc65)c4)c3)nc(-c3ccccc3)n2)cc1. The predicted octanol–water partition coefficient (Wildman–Crippen LogP) is 11.9. The number of hydrogen-bond acceptors (Lipinski definition) is 3. The summed E-state index contributed by atoms with van der Waals surface area (Å²) in [5.74, 6) is 0.711. The monoisotopic (exact) mass is 600 g/mol. The van der Waals surface area contributed by atoms with Crippen LogP contribution in [0, 0.1) is 0 Å². The van der Waals surface area contributed by atoms with Crippen LogP contribution in [0.4, 0.5) is 0 Å². The van der Waals surface area contributed by atoms with Gasteiger partial charge in [0.1, 0.15) is 11.2 Å². The van der Waals surface area contributed by atoms with E-state index in [9.17, 15) is 0 Å². The van der Waals surface area contributed by atoms with Crippen molar-refractivity contribution >= 4 is 32.7 Å². The van der Waals surface area contributed by atoms with Crippen LogP contribution in [0.3, 0.4) is 0 Å². The maximum absolute atomic E-state index is 6.48. The van der Waals surface area contributed by atoms with Crippen molar-refractivity contribution in [3.05, 3.63) is 170 Å². The van der Waals surface area contributed by atoms with Crippen LogP contribution in [-0.2, 0) is 0 Å². The van der Waals surface area contributed by atoms with Crippen LogP contribution < -0.4 is 0 Å². The molecule has 2 heterocycles. The fourth-order valence-electron chi connectivity index (χ4n) is 6.49. The molecule has 9 rings (SSSR count). The number of benzene rings is 7. The second-order valence-corrected chi connectivity index (χ2v) is 11.8. The van der Waals surface area contributed by atoms with Crippen LogP contribution in [0.15, 0.2) is 174 Å². The number of fused-ring (bicyclic) bond motifs is 5. The van der Waals surface area contributed by atoms with E-state index in [-0.39, 0.29) is 0 Å². The van der Waals surface area contributed by atoms with E-state index in [1.54, 1.807) is 0 Å². The van der Waals surface area contributed by atoms with Crippen molar-refractivity contribution in [3.63, 3.8) is 0 Å². The molecule has 220 valence electrons. The van der Waals surface area contributed by atoms with E-state index in [1.165, 1.54) is 5.39 Å². The molecule has 0 saturated heterocycles. The predicted molar refractivity (Wildman–Crippen MR) is 194 cm³/mol. The van der Waals surface area contributed by atoms with E-state index in [2.05, 4.69) is 133 Å². The minimum Gasteiger partial charge on any atom is -0.455 e. The van der Waals surface area contributed by atoms with Gasteiger partial charge in [0.15, 0.2) is 5.82 Å². The van der Waals surface area contributed by atoms with Crippen LogP contribution >= 0.6 is 0 Å². The van der Waals surface area contributed by atoms with Crippen LogP contribution in [0.2, 0.25) is 0 Å². The maximum Gasteiger partial charge on any atom is 0.160 e. The minimum atomic E-state index is 0.711. The molecule has 0 bridgehead atoms. The molecule has 7 aromatic carbocycles. The summed E-state index contributed by atoms with van der Waals surface area (Å²) < 4.78 is 6.48. The van der Waals surface area contributed by atoms with E-state index in [0.29, 0.717) is 5.82 Å². The number of rotatable bonds is 5. The Bertz CT molecular complexity index is 2510. The van der Waals surface area contributed by atoms with E-state index in [4.69, 9.17) is 14.4 Å². The summed E-state index contributed by atoms with van der Waals surface area (Å²) in [7, 11) is 0. The molecule has 3 heteroatoms. The maximum atomic E-state index is 6.48. The molecule has 0 atom stereocenters.